The Morgan fingerprint density at radius 2 is 2.30 bits per heavy atom. The van der Waals surface area contributed by atoms with E-state index in [0.29, 0.717) is 0 Å². The molecule has 0 unspecified atom stereocenters. The molecule has 1 fully saturated rings. The molecule has 0 radical (unpaired) electrons. The van der Waals surface area contributed by atoms with Gasteiger partial charge in [-0.3, -0.25) is 0 Å². The first-order chi connectivity index (χ1) is 4.88. The lowest BCUT2D eigenvalue weighted by molar-refractivity contribution is 0.278. The summed E-state index contributed by atoms with van der Waals surface area (Å²) in [5.74, 6) is 2.53. The standard InChI is InChI=1S/C8H12O2/c1-2-7-8(10-7)5-3-4-6-9/h1,7-9H,3-6H2/t7-,8+/m1/s1. The van der Waals surface area contributed by atoms with Crippen LogP contribution in [-0.4, -0.2) is 23.9 Å². The molecule has 0 aromatic heterocycles. The average molecular weight is 140 g/mol. The fourth-order valence-electron chi connectivity index (χ4n) is 0.966. The maximum Gasteiger partial charge on any atom is 0.144 e. The molecule has 2 nitrogen and oxygen atoms in total. The van der Waals surface area contributed by atoms with Gasteiger partial charge in [0.1, 0.15) is 6.10 Å². The summed E-state index contributed by atoms with van der Waals surface area (Å²) in [6.45, 7) is 0.271. The van der Waals surface area contributed by atoms with Crippen LogP contribution in [0, 0.1) is 12.3 Å². The van der Waals surface area contributed by atoms with Gasteiger partial charge < -0.3 is 9.84 Å². The highest BCUT2D eigenvalue weighted by atomic mass is 16.6. The molecule has 1 N–H and O–H groups in total. The molecule has 0 aromatic rings. The SMILES string of the molecule is C#C[C@H]1O[C@H]1CCCCO. The highest BCUT2D eigenvalue weighted by molar-refractivity contribution is 5.07. The predicted molar refractivity (Wildman–Crippen MR) is 38.4 cm³/mol. The molecule has 2 atom stereocenters. The van der Waals surface area contributed by atoms with Crippen LogP contribution in [0.25, 0.3) is 0 Å². The van der Waals surface area contributed by atoms with Crippen molar-refractivity contribution in [2.45, 2.75) is 31.5 Å². The van der Waals surface area contributed by atoms with Crippen LogP contribution in [0.5, 0.6) is 0 Å². The lowest BCUT2D eigenvalue weighted by Gasteiger charge is -1.91. The van der Waals surface area contributed by atoms with Crippen LogP contribution in [-0.2, 0) is 4.74 Å². The normalized spacial score (nSPS) is 29.6. The van der Waals surface area contributed by atoms with Crippen LogP contribution in [0.3, 0.4) is 0 Å². The molecule has 1 heterocycles. The van der Waals surface area contributed by atoms with E-state index < -0.39 is 0 Å². The number of hydrogen-bond donors (Lipinski definition) is 1. The van der Waals surface area contributed by atoms with Crippen LogP contribution in [0.2, 0.25) is 0 Å². The molecule has 0 aliphatic carbocycles. The Bertz CT molecular complexity index is 137. The molecule has 56 valence electrons. The Morgan fingerprint density at radius 1 is 1.50 bits per heavy atom. The van der Waals surface area contributed by atoms with Crippen LogP contribution >= 0.6 is 0 Å². The van der Waals surface area contributed by atoms with E-state index in [1.54, 1.807) is 0 Å². The first-order valence-corrected chi connectivity index (χ1v) is 3.61. The van der Waals surface area contributed by atoms with Crippen molar-refractivity contribution in [2.75, 3.05) is 6.61 Å². The Labute approximate surface area is 61.2 Å². The molecule has 2 heteroatoms. The summed E-state index contributed by atoms with van der Waals surface area (Å²) in [4.78, 5) is 0. The van der Waals surface area contributed by atoms with E-state index in [0.717, 1.165) is 19.3 Å². The molecule has 1 aliphatic rings. The van der Waals surface area contributed by atoms with Crippen LogP contribution in [0.15, 0.2) is 0 Å². The zero-order valence-corrected chi connectivity index (χ0v) is 5.92. The number of epoxide rings is 1. The minimum Gasteiger partial charge on any atom is -0.396 e. The molecular weight excluding hydrogens is 128 g/mol. The number of hydrogen-bond acceptors (Lipinski definition) is 2. The summed E-state index contributed by atoms with van der Waals surface area (Å²) in [6, 6.07) is 0. The fourth-order valence-corrected chi connectivity index (χ4v) is 0.966. The van der Waals surface area contributed by atoms with E-state index in [4.69, 9.17) is 16.3 Å². The zero-order valence-electron chi connectivity index (χ0n) is 5.92. The summed E-state index contributed by atoms with van der Waals surface area (Å²) in [6.07, 6.45) is 8.33. The molecular formula is C8H12O2. The number of unbranched alkanes of at least 4 members (excludes halogenated alkanes) is 1. The summed E-state index contributed by atoms with van der Waals surface area (Å²) >= 11 is 0. The second-order valence-corrected chi connectivity index (χ2v) is 2.48. The molecule has 1 aliphatic heterocycles. The summed E-state index contributed by atoms with van der Waals surface area (Å²) in [5.41, 5.74) is 0. The second kappa shape index (κ2) is 3.60. The van der Waals surface area contributed by atoms with E-state index in [9.17, 15) is 0 Å². The van der Waals surface area contributed by atoms with Gasteiger partial charge in [0.15, 0.2) is 0 Å². The monoisotopic (exact) mass is 140 g/mol. The van der Waals surface area contributed by atoms with Crippen molar-refractivity contribution < 1.29 is 9.84 Å². The van der Waals surface area contributed by atoms with Gasteiger partial charge in [-0.15, -0.1) is 6.42 Å². The molecule has 0 saturated carbocycles. The van der Waals surface area contributed by atoms with E-state index in [-0.39, 0.29) is 18.8 Å². The highest BCUT2D eigenvalue weighted by Crippen LogP contribution is 2.25. The van der Waals surface area contributed by atoms with Crippen molar-refractivity contribution in [2.24, 2.45) is 0 Å². The molecule has 0 amide bonds. The third kappa shape index (κ3) is 2.02. The van der Waals surface area contributed by atoms with Gasteiger partial charge in [0.25, 0.3) is 0 Å². The van der Waals surface area contributed by atoms with Gasteiger partial charge in [0.2, 0.25) is 0 Å². The third-order valence-electron chi connectivity index (χ3n) is 1.64. The van der Waals surface area contributed by atoms with Gasteiger partial charge in [0.05, 0.1) is 6.10 Å². The zero-order chi connectivity index (χ0) is 7.40. The average Bonchev–Trinajstić information content (AvgIpc) is 2.68. The van der Waals surface area contributed by atoms with Gasteiger partial charge in [-0.1, -0.05) is 5.92 Å². The summed E-state index contributed by atoms with van der Waals surface area (Å²) < 4.78 is 5.09. The highest BCUT2D eigenvalue weighted by Gasteiger charge is 2.35. The maximum absolute atomic E-state index is 8.44. The van der Waals surface area contributed by atoms with Crippen LogP contribution in [0.4, 0.5) is 0 Å². The minimum atomic E-state index is 0.0682. The van der Waals surface area contributed by atoms with Crippen LogP contribution in [0.1, 0.15) is 19.3 Å². The molecule has 0 spiro atoms. The Hall–Kier alpha value is -0.520. The number of ether oxygens (including phenoxy) is 1. The van der Waals surface area contributed by atoms with Gasteiger partial charge in [-0.2, -0.15) is 0 Å². The van der Waals surface area contributed by atoms with E-state index in [1.165, 1.54) is 0 Å². The number of rotatable bonds is 4. The molecule has 0 aromatic carbocycles. The van der Waals surface area contributed by atoms with Crippen molar-refractivity contribution in [3.63, 3.8) is 0 Å². The topological polar surface area (TPSA) is 32.8 Å². The summed E-state index contributed by atoms with van der Waals surface area (Å²) in [7, 11) is 0. The van der Waals surface area contributed by atoms with Crippen molar-refractivity contribution in [1.82, 2.24) is 0 Å². The van der Waals surface area contributed by atoms with Gasteiger partial charge in [-0.25, -0.2) is 0 Å². The summed E-state index contributed by atoms with van der Waals surface area (Å²) in [5, 5.41) is 8.44. The van der Waals surface area contributed by atoms with Crippen molar-refractivity contribution in [3.8, 4) is 12.3 Å². The Balaban J connectivity index is 1.93. The smallest absolute Gasteiger partial charge is 0.144 e. The lowest BCUT2D eigenvalue weighted by atomic mass is 10.1. The Morgan fingerprint density at radius 3 is 2.80 bits per heavy atom. The van der Waals surface area contributed by atoms with E-state index in [2.05, 4.69) is 5.92 Å². The largest absolute Gasteiger partial charge is 0.396 e. The molecule has 10 heavy (non-hydrogen) atoms. The van der Waals surface area contributed by atoms with Crippen molar-refractivity contribution in [1.29, 1.82) is 0 Å². The van der Waals surface area contributed by atoms with Crippen molar-refractivity contribution in [3.05, 3.63) is 0 Å². The maximum atomic E-state index is 8.44. The molecule has 1 rings (SSSR count). The van der Waals surface area contributed by atoms with Crippen LogP contribution < -0.4 is 0 Å². The number of aliphatic hydroxyl groups is 1. The first-order valence-electron chi connectivity index (χ1n) is 3.61. The molecule has 0 bridgehead atoms. The van der Waals surface area contributed by atoms with Gasteiger partial charge in [-0.05, 0) is 19.3 Å². The number of terminal acetylenes is 1. The lowest BCUT2D eigenvalue weighted by Crippen LogP contribution is -1.92. The predicted octanol–water partition coefficient (Wildman–Crippen LogP) is 0.550. The number of aliphatic hydroxyl groups excluding tert-OH is 1. The van der Waals surface area contributed by atoms with E-state index >= 15 is 0 Å². The Kier molecular flexibility index (Phi) is 2.73. The third-order valence-corrected chi connectivity index (χ3v) is 1.64. The minimum absolute atomic E-state index is 0.0682. The first kappa shape index (κ1) is 7.59. The van der Waals surface area contributed by atoms with Gasteiger partial charge in [0, 0.05) is 6.61 Å². The van der Waals surface area contributed by atoms with Gasteiger partial charge >= 0.3 is 0 Å². The van der Waals surface area contributed by atoms with E-state index in [1.807, 2.05) is 0 Å². The quantitative estimate of drug-likeness (QED) is 0.351. The van der Waals surface area contributed by atoms with Crippen molar-refractivity contribution >= 4 is 0 Å². The second-order valence-electron chi connectivity index (χ2n) is 2.48. The molecule has 1 saturated heterocycles. The fraction of sp³-hybridized carbons (Fsp3) is 0.750.